The summed E-state index contributed by atoms with van der Waals surface area (Å²) in [4.78, 5) is 13.2. The smallest absolute Gasteiger partial charge is 0.416 e. The Balaban J connectivity index is 1.96. The van der Waals surface area contributed by atoms with E-state index < -0.39 is 23.8 Å². The second kappa shape index (κ2) is 7.31. The Morgan fingerprint density at radius 2 is 1.96 bits per heavy atom. The molecule has 2 rings (SSSR count). The van der Waals surface area contributed by atoms with Crippen LogP contribution in [0.3, 0.4) is 0 Å². The van der Waals surface area contributed by atoms with Gasteiger partial charge in [-0.1, -0.05) is 18.2 Å². The number of esters is 1. The first-order valence-corrected chi connectivity index (χ1v) is 7.46. The van der Waals surface area contributed by atoms with Crippen LogP contribution >= 0.6 is 0 Å². The molecule has 1 aliphatic rings. The van der Waals surface area contributed by atoms with Gasteiger partial charge < -0.3 is 9.84 Å². The third-order valence-corrected chi connectivity index (χ3v) is 4.24. The molecular formula is C16H20F3NO3. The summed E-state index contributed by atoms with van der Waals surface area (Å²) in [5.74, 6) is -0.873. The molecule has 0 aliphatic carbocycles. The highest BCUT2D eigenvalue weighted by Gasteiger charge is 2.34. The van der Waals surface area contributed by atoms with Gasteiger partial charge in [-0.3, -0.25) is 4.90 Å². The molecule has 0 spiro atoms. The van der Waals surface area contributed by atoms with E-state index in [9.17, 15) is 23.1 Å². The van der Waals surface area contributed by atoms with Crippen LogP contribution in [0.4, 0.5) is 13.2 Å². The van der Waals surface area contributed by atoms with Crippen molar-refractivity contribution in [1.82, 2.24) is 4.90 Å². The Labute approximate surface area is 132 Å². The number of piperidine rings is 1. The minimum atomic E-state index is -4.37. The lowest BCUT2D eigenvalue weighted by molar-refractivity contribution is -0.154. The van der Waals surface area contributed by atoms with Crippen LogP contribution in [0.2, 0.25) is 0 Å². The lowest BCUT2D eigenvalue weighted by atomic mass is 9.91. The van der Waals surface area contributed by atoms with E-state index in [4.69, 9.17) is 0 Å². The number of benzene rings is 1. The fourth-order valence-corrected chi connectivity index (χ4v) is 2.92. The summed E-state index contributed by atoms with van der Waals surface area (Å²) in [7, 11) is 1.22. The topological polar surface area (TPSA) is 49.8 Å². The molecular weight excluding hydrogens is 311 g/mol. The van der Waals surface area contributed by atoms with E-state index in [1.54, 1.807) is 6.07 Å². The number of methoxy groups -OCH3 is 1. The number of likely N-dealkylation sites (tertiary alicyclic amines) is 1. The molecule has 23 heavy (non-hydrogen) atoms. The van der Waals surface area contributed by atoms with E-state index in [0.29, 0.717) is 25.9 Å². The average molecular weight is 331 g/mol. The van der Waals surface area contributed by atoms with Crippen LogP contribution in [0, 0.1) is 5.92 Å². The maximum Gasteiger partial charge on any atom is 0.416 e. The number of rotatable bonds is 4. The van der Waals surface area contributed by atoms with Crippen molar-refractivity contribution in [3.63, 3.8) is 0 Å². The molecule has 0 saturated carbocycles. The van der Waals surface area contributed by atoms with Crippen LogP contribution in [-0.2, 0) is 22.3 Å². The first kappa shape index (κ1) is 17.7. The minimum Gasteiger partial charge on any atom is -0.467 e. The zero-order valence-corrected chi connectivity index (χ0v) is 12.8. The van der Waals surface area contributed by atoms with Crippen molar-refractivity contribution in [2.45, 2.75) is 31.7 Å². The van der Waals surface area contributed by atoms with Gasteiger partial charge in [0.05, 0.1) is 12.7 Å². The van der Waals surface area contributed by atoms with Crippen LogP contribution < -0.4 is 0 Å². The number of nitrogens with zero attached hydrogens (tertiary/aromatic N) is 1. The highest BCUT2D eigenvalue weighted by molar-refractivity contribution is 5.74. The van der Waals surface area contributed by atoms with E-state index in [-0.39, 0.29) is 18.0 Å². The highest BCUT2D eigenvalue weighted by atomic mass is 19.4. The third kappa shape index (κ3) is 4.45. The number of halogens is 3. The molecule has 128 valence electrons. The summed E-state index contributed by atoms with van der Waals surface area (Å²) in [5.41, 5.74) is -0.372. The van der Waals surface area contributed by atoms with Gasteiger partial charge in [-0.05, 0) is 43.5 Å². The molecule has 4 nitrogen and oxygen atoms in total. The van der Waals surface area contributed by atoms with Gasteiger partial charge in [0.25, 0.3) is 0 Å². The quantitative estimate of drug-likeness (QED) is 0.861. The van der Waals surface area contributed by atoms with Crippen LogP contribution in [0.1, 0.15) is 24.0 Å². The van der Waals surface area contributed by atoms with E-state index in [2.05, 4.69) is 4.74 Å². The van der Waals surface area contributed by atoms with Crippen LogP contribution in [0.5, 0.6) is 0 Å². The van der Waals surface area contributed by atoms with Crippen LogP contribution in [0.15, 0.2) is 24.3 Å². The first-order chi connectivity index (χ1) is 10.8. The summed E-state index contributed by atoms with van der Waals surface area (Å²) < 4.78 is 43.5. The number of ether oxygens (including phenoxy) is 1. The van der Waals surface area contributed by atoms with Crippen molar-refractivity contribution >= 4 is 5.97 Å². The number of alkyl halides is 3. The fourth-order valence-electron chi connectivity index (χ4n) is 2.92. The normalized spacial score (nSPS) is 18.7. The van der Waals surface area contributed by atoms with Crippen molar-refractivity contribution in [2.75, 3.05) is 20.2 Å². The van der Waals surface area contributed by atoms with Gasteiger partial charge in [0.15, 0.2) is 6.10 Å². The van der Waals surface area contributed by atoms with Crippen molar-refractivity contribution in [3.05, 3.63) is 35.4 Å². The summed E-state index contributed by atoms with van der Waals surface area (Å²) in [6.07, 6.45) is -4.44. The maximum absolute atomic E-state index is 13.0. The van der Waals surface area contributed by atoms with Crippen LogP contribution in [-0.4, -0.2) is 42.3 Å². The Morgan fingerprint density at radius 3 is 2.52 bits per heavy atom. The van der Waals surface area contributed by atoms with E-state index in [1.807, 2.05) is 4.90 Å². The molecule has 7 heteroatoms. The lowest BCUT2D eigenvalue weighted by Gasteiger charge is -2.33. The largest absolute Gasteiger partial charge is 0.467 e. The molecule has 1 unspecified atom stereocenters. The monoisotopic (exact) mass is 331 g/mol. The van der Waals surface area contributed by atoms with Gasteiger partial charge in [0.2, 0.25) is 0 Å². The third-order valence-electron chi connectivity index (χ3n) is 4.24. The van der Waals surface area contributed by atoms with Crippen molar-refractivity contribution < 1.29 is 27.8 Å². The number of hydrogen-bond donors (Lipinski definition) is 1. The summed E-state index contributed by atoms with van der Waals surface area (Å²) in [6, 6.07) is 5.55. The number of aliphatic hydroxyl groups excluding tert-OH is 1. The Morgan fingerprint density at radius 1 is 1.35 bits per heavy atom. The van der Waals surface area contributed by atoms with E-state index in [0.717, 1.165) is 6.07 Å². The number of carbonyl (C=O) groups is 1. The maximum atomic E-state index is 13.0. The van der Waals surface area contributed by atoms with Crippen molar-refractivity contribution in [2.24, 2.45) is 5.92 Å². The minimum absolute atomic E-state index is 0.205. The molecule has 0 bridgehead atoms. The van der Waals surface area contributed by atoms with E-state index in [1.165, 1.54) is 19.2 Å². The average Bonchev–Trinajstić information content (AvgIpc) is 2.53. The van der Waals surface area contributed by atoms with Gasteiger partial charge in [-0.25, -0.2) is 4.79 Å². The van der Waals surface area contributed by atoms with Gasteiger partial charge in [-0.2, -0.15) is 13.2 Å². The zero-order valence-electron chi connectivity index (χ0n) is 12.8. The van der Waals surface area contributed by atoms with Crippen molar-refractivity contribution in [1.29, 1.82) is 0 Å². The molecule has 0 aromatic heterocycles. The molecule has 1 heterocycles. The molecule has 1 aromatic rings. The summed E-state index contributed by atoms with van der Waals surface area (Å²) in [6.45, 7) is 1.27. The Kier molecular flexibility index (Phi) is 5.64. The SMILES string of the molecule is COC(=O)C(O)C1CCN(Cc2ccccc2C(F)(F)F)CC1. The van der Waals surface area contributed by atoms with E-state index >= 15 is 0 Å². The molecule has 1 aliphatic heterocycles. The summed E-state index contributed by atoms with van der Waals surface area (Å²) >= 11 is 0. The van der Waals surface area contributed by atoms with Gasteiger partial charge in [0.1, 0.15) is 0 Å². The predicted molar refractivity (Wildman–Crippen MR) is 77.5 cm³/mol. The van der Waals surface area contributed by atoms with Gasteiger partial charge in [0, 0.05) is 6.54 Å². The molecule has 1 fully saturated rings. The number of carbonyl (C=O) groups excluding carboxylic acids is 1. The Hall–Kier alpha value is -1.60. The molecule has 1 N–H and O–H groups in total. The van der Waals surface area contributed by atoms with Crippen LogP contribution in [0.25, 0.3) is 0 Å². The zero-order chi connectivity index (χ0) is 17.0. The fraction of sp³-hybridized carbons (Fsp3) is 0.562. The number of aliphatic hydroxyl groups is 1. The summed E-state index contributed by atoms with van der Waals surface area (Å²) in [5, 5.41) is 9.83. The Bertz CT molecular complexity index is 540. The second-order valence-electron chi connectivity index (χ2n) is 5.74. The predicted octanol–water partition coefficient (Wildman–Crippen LogP) is 2.45. The van der Waals surface area contributed by atoms with Gasteiger partial charge >= 0.3 is 12.1 Å². The number of hydrogen-bond acceptors (Lipinski definition) is 4. The lowest BCUT2D eigenvalue weighted by Crippen LogP contribution is -2.40. The molecule has 1 saturated heterocycles. The second-order valence-corrected chi connectivity index (χ2v) is 5.74. The standard InChI is InChI=1S/C16H20F3NO3/c1-23-15(22)14(21)11-6-8-20(9-7-11)10-12-4-2-3-5-13(12)16(17,18)19/h2-5,11,14,21H,6-10H2,1H3. The highest BCUT2D eigenvalue weighted by Crippen LogP contribution is 2.33. The van der Waals surface area contributed by atoms with Gasteiger partial charge in [-0.15, -0.1) is 0 Å². The first-order valence-electron chi connectivity index (χ1n) is 7.46. The molecule has 1 aromatic carbocycles. The molecule has 0 amide bonds. The van der Waals surface area contributed by atoms with Crippen molar-refractivity contribution in [3.8, 4) is 0 Å². The molecule has 1 atom stereocenters. The molecule has 0 radical (unpaired) electrons.